The second-order valence-electron chi connectivity index (χ2n) is 5.34. The van der Waals surface area contributed by atoms with Crippen LogP contribution in [0.25, 0.3) is 0 Å². The standard InChI is InChI=1S/C17H25NO5S/c1-2-3-4-8-11-24-15(14(19)16(20)21)18-17(22)23-12-13-9-6-5-7-10-13/h5-7,9-10,14-15,19H,2-4,8,11-12H2,1H3,(H,18,22)(H,20,21). The molecule has 24 heavy (non-hydrogen) atoms. The first kappa shape index (κ1) is 20.3. The molecule has 0 fully saturated rings. The monoisotopic (exact) mass is 355 g/mol. The van der Waals surface area contributed by atoms with E-state index >= 15 is 0 Å². The molecule has 3 N–H and O–H groups in total. The SMILES string of the molecule is CCCCCCSC(NC(=O)OCc1ccccc1)C(O)C(=O)O. The highest BCUT2D eigenvalue weighted by Crippen LogP contribution is 2.16. The van der Waals surface area contributed by atoms with Gasteiger partial charge in [-0.3, -0.25) is 0 Å². The molecule has 0 bridgehead atoms. The summed E-state index contributed by atoms with van der Waals surface area (Å²) in [4.78, 5) is 22.8. The number of ether oxygens (including phenoxy) is 1. The molecule has 0 aliphatic heterocycles. The van der Waals surface area contributed by atoms with Crippen molar-refractivity contribution in [1.82, 2.24) is 5.32 Å². The first-order valence-corrected chi connectivity index (χ1v) is 9.09. The van der Waals surface area contributed by atoms with Crippen molar-refractivity contribution in [3.63, 3.8) is 0 Å². The minimum atomic E-state index is -1.68. The van der Waals surface area contributed by atoms with Crippen LogP contribution in [0.4, 0.5) is 4.79 Å². The number of rotatable bonds is 11. The zero-order valence-corrected chi connectivity index (χ0v) is 14.6. The zero-order valence-electron chi connectivity index (χ0n) is 13.8. The number of carbonyl (C=O) groups is 2. The maximum absolute atomic E-state index is 11.8. The van der Waals surface area contributed by atoms with Gasteiger partial charge in [-0.2, -0.15) is 0 Å². The molecule has 0 heterocycles. The van der Waals surface area contributed by atoms with Crippen LogP contribution < -0.4 is 5.32 Å². The zero-order chi connectivity index (χ0) is 17.8. The second kappa shape index (κ2) is 11.8. The van der Waals surface area contributed by atoms with Gasteiger partial charge in [0.1, 0.15) is 12.0 Å². The van der Waals surface area contributed by atoms with Gasteiger partial charge in [0.25, 0.3) is 0 Å². The topological polar surface area (TPSA) is 95.9 Å². The number of unbranched alkanes of at least 4 members (excludes halogenated alkanes) is 3. The van der Waals surface area contributed by atoms with E-state index < -0.39 is 23.5 Å². The first-order valence-electron chi connectivity index (χ1n) is 8.04. The van der Waals surface area contributed by atoms with Gasteiger partial charge in [0.05, 0.1) is 0 Å². The van der Waals surface area contributed by atoms with E-state index in [2.05, 4.69) is 12.2 Å². The largest absolute Gasteiger partial charge is 0.479 e. The van der Waals surface area contributed by atoms with Crippen LogP contribution in [0.2, 0.25) is 0 Å². The van der Waals surface area contributed by atoms with E-state index in [0.29, 0.717) is 5.75 Å². The highest BCUT2D eigenvalue weighted by Gasteiger charge is 2.28. The van der Waals surface area contributed by atoms with Gasteiger partial charge in [-0.1, -0.05) is 56.5 Å². The molecule has 0 spiro atoms. The molecule has 0 saturated carbocycles. The molecule has 6 nitrogen and oxygen atoms in total. The lowest BCUT2D eigenvalue weighted by molar-refractivity contribution is -0.146. The van der Waals surface area contributed by atoms with E-state index in [1.165, 1.54) is 11.8 Å². The molecule has 134 valence electrons. The number of carbonyl (C=O) groups excluding carboxylic acids is 1. The van der Waals surface area contributed by atoms with Crippen LogP contribution >= 0.6 is 11.8 Å². The summed E-state index contributed by atoms with van der Waals surface area (Å²) in [5.41, 5.74) is 0.829. The number of aliphatic hydroxyl groups excluding tert-OH is 1. The van der Waals surface area contributed by atoms with Gasteiger partial charge in [0.15, 0.2) is 6.10 Å². The maximum atomic E-state index is 11.8. The van der Waals surface area contributed by atoms with Crippen LogP contribution in [-0.2, 0) is 16.1 Å². The quantitative estimate of drug-likeness (QED) is 0.417. The van der Waals surface area contributed by atoms with E-state index in [-0.39, 0.29) is 6.61 Å². The Hall–Kier alpha value is -1.73. The summed E-state index contributed by atoms with van der Waals surface area (Å²) in [6.07, 6.45) is 1.74. The third-order valence-corrected chi connectivity index (χ3v) is 4.57. The minimum Gasteiger partial charge on any atom is -0.479 e. The van der Waals surface area contributed by atoms with Crippen LogP contribution in [0.3, 0.4) is 0 Å². The van der Waals surface area contributed by atoms with Gasteiger partial charge in [-0.25, -0.2) is 9.59 Å². The van der Waals surface area contributed by atoms with Crippen molar-refractivity contribution in [2.75, 3.05) is 5.75 Å². The molecule has 0 radical (unpaired) electrons. The molecule has 0 aromatic heterocycles. The number of hydrogen-bond acceptors (Lipinski definition) is 5. The van der Waals surface area contributed by atoms with Crippen molar-refractivity contribution < 1.29 is 24.5 Å². The number of aliphatic carboxylic acids is 1. The second-order valence-corrected chi connectivity index (χ2v) is 6.59. The molecule has 0 aliphatic rings. The maximum Gasteiger partial charge on any atom is 0.408 e. The number of thioether (sulfide) groups is 1. The molecule has 2 atom stereocenters. The fraction of sp³-hybridized carbons (Fsp3) is 0.529. The number of amides is 1. The predicted molar refractivity (Wildman–Crippen MR) is 93.8 cm³/mol. The lowest BCUT2D eigenvalue weighted by Gasteiger charge is -2.20. The van der Waals surface area contributed by atoms with Gasteiger partial charge in [-0.15, -0.1) is 11.8 Å². The highest BCUT2D eigenvalue weighted by atomic mass is 32.2. The molecular weight excluding hydrogens is 330 g/mol. The van der Waals surface area contributed by atoms with E-state index in [4.69, 9.17) is 9.84 Å². The van der Waals surface area contributed by atoms with Gasteiger partial charge >= 0.3 is 12.1 Å². The van der Waals surface area contributed by atoms with Gasteiger partial charge in [0, 0.05) is 0 Å². The Morgan fingerprint density at radius 1 is 1.21 bits per heavy atom. The summed E-state index contributed by atoms with van der Waals surface area (Å²) in [6.45, 7) is 2.19. The van der Waals surface area contributed by atoms with Crippen molar-refractivity contribution in [3.8, 4) is 0 Å². The van der Waals surface area contributed by atoms with Crippen LogP contribution in [0.5, 0.6) is 0 Å². The van der Waals surface area contributed by atoms with Crippen LogP contribution in [0.15, 0.2) is 30.3 Å². The Kier molecular flexibility index (Phi) is 9.95. The summed E-state index contributed by atoms with van der Waals surface area (Å²) in [5.74, 6) is -0.710. The van der Waals surface area contributed by atoms with Crippen molar-refractivity contribution in [2.45, 2.75) is 50.7 Å². The Morgan fingerprint density at radius 3 is 2.54 bits per heavy atom. The molecule has 1 rings (SSSR count). The number of carboxylic acid groups (broad SMARTS) is 1. The van der Waals surface area contributed by atoms with Crippen molar-refractivity contribution in [3.05, 3.63) is 35.9 Å². The Balaban J connectivity index is 2.44. The molecular formula is C17H25NO5S. The average Bonchev–Trinajstić information content (AvgIpc) is 2.59. The average molecular weight is 355 g/mol. The summed E-state index contributed by atoms with van der Waals surface area (Å²) < 4.78 is 5.07. The first-order chi connectivity index (χ1) is 11.5. The molecule has 7 heteroatoms. The number of benzene rings is 1. The smallest absolute Gasteiger partial charge is 0.408 e. The molecule has 2 unspecified atom stereocenters. The highest BCUT2D eigenvalue weighted by molar-refractivity contribution is 7.99. The molecule has 0 saturated heterocycles. The minimum absolute atomic E-state index is 0.0870. The fourth-order valence-electron chi connectivity index (χ4n) is 1.96. The van der Waals surface area contributed by atoms with E-state index in [1.54, 1.807) is 0 Å². The van der Waals surface area contributed by atoms with Crippen molar-refractivity contribution in [1.29, 1.82) is 0 Å². The molecule has 1 aromatic rings. The Bertz CT molecular complexity index is 497. The lowest BCUT2D eigenvalue weighted by Crippen LogP contribution is -2.45. The Morgan fingerprint density at radius 2 is 1.92 bits per heavy atom. The van der Waals surface area contributed by atoms with Crippen LogP contribution in [-0.4, -0.2) is 39.5 Å². The number of hydrogen-bond donors (Lipinski definition) is 3. The molecule has 1 amide bonds. The number of carboxylic acids is 1. The van der Waals surface area contributed by atoms with Gasteiger partial charge < -0.3 is 20.3 Å². The predicted octanol–water partition coefficient (Wildman–Crippen LogP) is 3.00. The third-order valence-electron chi connectivity index (χ3n) is 3.31. The number of nitrogens with one attached hydrogen (secondary N) is 1. The summed E-state index contributed by atoms with van der Waals surface area (Å²) in [5, 5.41) is 20.2. The molecule has 1 aromatic carbocycles. The van der Waals surface area contributed by atoms with Gasteiger partial charge in [0.2, 0.25) is 0 Å². The van der Waals surface area contributed by atoms with Crippen molar-refractivity contribution in [2.24, 2.45) is 0 Å². The van der Waals surface area contributed by atoms with Crippen LogP contribution in [0.1, 0.15) is 38.2 Å². The summed E-state index contributed by atoms with van der Waals surface area (Å²) in [6, 6.07) is 9.16. The summed E-state index contributed by atoms with van der Waals surface area (Å²) >= 11 is 1.22. The van der Waals surface area contributed by atoms with Gasteiger partial charge in [-0.05, 0) is 17.7 Å². The Labute approximate surface area is 146 Å². The lowest BCUT2D eigenvalue weighted by atomic mass is 10.2. The third kappa shape index (κ3) is 8.21. The van der Waals surface area contributed by atoms with E-state index in [0.717, 1.165) is 31.2 Å². The van der Waals surface area contributed by atoms with Crippen molar-refractivity contribution >= 4 is 23.8 Å². The molecule has 0 aliphatic carbocycles. The number of aliphatic hydroxyl groups is 1. The van der Waals surface area contributed by atoms with Crippen LogP contribution in [0, 0.1) is 0 Å². The normalized spacial score (nSPS) is 13.1. The fourth-order valence-corrected chi connectivity index (χ4v) is 3.06. The van der Waals surface area contributed by atoms with E-state index in [1.807, 2.05) is 30.3 Å². The number of alkyl carbamates (subject to hydrolysis) is 1. The summed E-state index contributed by atoms with van der Waals surface area (Å²) in [7, 11) is 0. The van der Waals surface area contributed by atoms with E-state index in [9.17, 15) is 14.7 Å².